The van der Waals surface area contributed by atoms with Crippen LogP contribution < -0.4 is 10.2 Å². The molecule has 0 spiro atoms. The lowest BCUT2D eigenvalue weighted by molar-refractivity contribution is 0.199. The molecule has 0 unspecified atom stereocenters. The lowest BCUT2D eigenvalue weighted by Gasteiger charge is -2.12. The van der Waals surface area contributed by atoms with Gasteiger partial charge >= 0.3 is 0 Å². The van der Waals surface area contributed by atoms with Crippen LogP contribution in [0.15, 0.2) is 18.2 Å². The highest BCUT2D eigenvalue weighted by Crippen LogP contribution is 2.27. The van der Waals surface area contributed by atoms with Crippen molar-refractivity contribution in [2.75, 3.05) is 45.3 Å². The first-order chi connectivity index (χ1) is 8.31. The summed E-state index contributed by atoms with van der Waals surface area (Å²) in [5, 5.41) is 3.38. The molecule has 0 saturated carbocycles. The van der Waals surface area contributed by atoms with Crippen LogP contribution in [0.25, 0.3) is 0 Å². The van der Waals surface area contributed by atoms with E-state index in [1.165, 1.54) is 23.2 Å². The lowest BCUT2D eigenvalue weighted by Crippen LogP contribution is -2.21. The molecule has 1 heterocycles. The Morgan fingerprint density at radius 1 is 1.35 bits per heavy atom. The first-order valence-corrected chi connectivity index (χ1v) is 6.34. The molecule has 3 heteroatoms. The normalized spacial score (nSPS) is 14.1. The quantitative estimate of drug-likeness (QED) is 0.754. The zero-order chi connectivity index (χ0) is 12.1. The van der Waals surface area contributed by atoms with Gasteiger partial charge in [-0.25, -0.2) is 0 Å². The molecule has 3 nitrogen and oxygen atoms in total. The van der Waals surface area contributed by atoms with E-state index in [1.807, 2.05) is 0 Å². The van der Waals surface area contributed by atoms with E-state index in [0.717, 1.165) is 32.7 Å². The minimum absolute atomic E-state index is 0.787. The van der Waals surface area contributed by atoms with Crippen LogP contribution in [-0.2, 0) is 17.6 Å². The molecule has 0 bridgehead atoms. The van der Waals surface area contributed by atoms with Gasteiger partial charge in [0, 0.05) is 32.9 Å². The van der Waals surface area contributed by atoms with Gasteiger partial charge in [0.2, 0.25) is 0 Å². The third-order valence-electron chi connectivity index (χ3n) is 3.35. The maximum absolute atomic E-state index is 5.00. The Balaban J connectivity index is 1.82. The molecule has 1 aromatic rings. The van der Waals surface area contributed by atoms with Crippen LogP contribution >= 0.6 is 0 Å². The molecule has 17 heavy (non-hydrogen) atoms. The number of hydrogen-bond donors (Lipinski definition) is 1. The molecule has 1 N–H and O–H groups in total. The summed E-state index contributed by atoms with van der Waals surface area (Å²) >= 11 is 0. The van der Waals surface area contributed by atoms with Crippen molar-refractivity contribution in [2.24, 2.45) is 0 Å². The highest BCUT2D eigenvalue weighted by Gasteiger charge is 2.15. The topological polar surface area (TPSA) is 24.5 Å². The number of fused-ring (bicyclic) bond motifs is 1. The minimum atomic E-state index is 0.787. The molecule has 1 aliphatic rings. The maximum Gasteiger partial charge on any atom is 0.0587 e. The highest BCUT2D eigenvalue weighted by molar-refractivity contribution is 5.58. The summed E-state index contributed by atoms with van der Waals surface area (Å²) in [6.45, 7) is 3.90. The van der Waals surface area contributed by atoms with Gasteiger partial charge in [-0.2, -0.15) is 0 Å². The largest absolute Gasteiger partial charge is 0.383 e. The van der Waals surface area contributed by atoms with Gasteiger partial charge in [0.15, 0.2) is 0 Å². The first kappa shape index (κ1) is 12.4. The number of benzene rings is 1. The van der Waals surface area contributed by atoms with Crippen molar-refractivity contribution < 1.29 is 4.74 Å². The van der Waals surface area contributed by atoms with Crippen molar-refractivity contribution in [1.29, 1.82) is 0 Å². The van der Waals surface area contributed by atoms with Crippen LogP contribution in [0.4, 0.5) is 5.69 Å². The smallest absolute Gasteiger partial charge is 0.0587 e. The Labute approximate surface area is 104 Å². The molecule has 0 aromatic heterocycles. The van der Waals surface area contributed by atoms with E-state index >= 15 is 0 Å². The average Bonchev–Trinajstić information content (AvgIpc) is 2.71. The van der Waals surface area contributed by atoms with E-state index in [1.54, 1.807) is 7.11 Å². The number of rotatable bonds is 6. The molecule has 0 aliphatic carbocycles. The number of hydrogen-bond acceptors (Lipinski definition) is 3. The van der Waals surface area contributed by atoms with Crippen LogP contribution in [-0.4, -0.2) is 40.4 Å². The monoisotopic (exact) mass is 234 g/mol. The summed E-state index contributed by atoms with van der Waals surface area (Å²) in [6.07, 6.45) is 2.29. The van der Waals surface area contributed by atoms with Gasteiger partial charge in [0.1, 0.15) is 0 Å². The van der Waals surface area contributed by atoms with Gasteiger partial charge in [-0.05, 0) is 36.6 Å². The van der Waals surface area contributed by atoms with Gasteiger partial charge in [-0.3, -0.25) is 0 Å². The molecule has 1 aliphatic heterocycles. The van der Waals surface area contributed by atoms with Crippen molar-refractivity contribution in [2.45, 2.75) is 12.8 Å². The summed E-state index contributed by atoms with van der Waals surface area (Å²) in [5.74, 6) is 0. The first-order valence-electron chi connectivity index (χ1n) is 6.34. The molecule has 0 fully saturated rings. The fourth-order valence-corrected chi connectivity index (χ4v) is 2.31. The third-order valence-corrected chi connectivity index (χ3v) is 3.35. The Bertz CT molecular complexity index is 365. The van der Waals surface area contributed by atoms with E-state index in [-0.39, 0.29) is 0 Å². The Hall–Kier alpha value is -1.06. The number of nitrogens with one attached hydrogen (secondary N) is 1. The fourth-order valence-electron chi connectivity index (χ4n) is 2.31. The summed E-state index contributed by atoms with van der Waals surface area (Å²) in [4.78, 5) is 2.33. The van der Waals surface area contributed by atoms with Crippen LogP contribution in [0.5, 0.6) is 0 Å². The van der Waals surface area contributed by atoms with Gasteiger partial charge in [-0.15, -0.1) is 0 Å². The van der Waals surface area contributed by atoms with Gasteiger partial charge in [-0.1, -0.05) is 12.1 Å². The van der Waals surface area contributed by atoms with Crippen molar-refractivity contribution in [3.05, 3.63) is 29.3 Å². The zero-order valence-corrected chi connectivity index (χ0v) is 10.8. The van der Waals surface area contributed by atoms with Gasteiger partial charge < -0.3 is 15.0 Å². The molecule has 2 rings (SSSR count). The van der Waals surface area contributed by atoms with Crippen LogP contribution in [0.2, 0.25) is 0 Å². The van der Waals surface area contributed by atoms with E-state index in [9.17, 15) is 0 Å². The predicted molar refractivity (Wildman–Crippen MR) is 71.9 cm³/mol. The SMILES string of the molecule is COCCNCCc1ccc2c(c1)CCN2C. The second-order valence-corrected chi connectivity index (χ2v) is 4.63. The van der Waals surface area contributed by atoms with E-state index in [2.05, 4.69) is 35.5 Å². The predicted octanol–water partition coefficient (Wildman–Crippen LogP) is 1.46. The van der Waals surface area contributed by atoms with Crippen LogP contribution in [0.3, 0.4) is 0 Å². The minimum Gasteiger partial charge on any atom is -0.383 e. The summed E-state index contributed by atoms with van der Waals surface area (Å²) in [5.41, 5.74) is 4.34. The lowest BCUT2D eigenvalue weighted by atomic mass is 10.1. The average molecular weight is 234 g/mol. The number of likely N-dealkylation sites (N-methyl/N-ethyl adjacent to an activating group) is 1. The molecule has 94 valence electrons. The molecular formula is C14H22N2O. The molecule has 0 amide bonds. The molecule has 0 radical (unpaired) electrons. The van der Waals surface area contributed by atoms with Crippen LogP contribution in [0.1, 0.15) is 11.1 Å². The number of nitrogens with zero attached hydrogens (tertiary/aromatic N) is 1. The summed E-state index contributed by atoms with van der Waals surface area (Å²) in [6, 6.07) is 6.86. The third kappa shape index (κ3) is 3.20. The highest BCUT2D eigenvalue weighted by atomic mass is 16.5. The van der Waals surface area contributed by atoms with Crippen molar-refractivity contribution >= 4 is 5.69 Å². The molecule has 0 saturated heterocycles. The fraction of sp³-hybridized carbons (Fsp3) is 0.571. The van der Waals surface area contributed by atoms with Crippen LogP contribution in [0, 0.1) is 0 Å². The van der Waals surface area contributed by atoms with Crippen molar-refractivity contribution in [3.63, 3.8) is 0 Å². The molecule has 0 atom stereocenters. The van der Waals surface area contributed by atoms with Crippen molar-refractivity contribution in [3.8, 4) is 0 Å². The Morgan fingerprint density at radius 3 is 3.06 bits per heavy atom. The number of ether oxygens (including phenoxy) is 1. The Morgan fingerprint density at radius 2 is 2.24 bits per heavy atom. The van der Waals surface area contributed by atoms with E-state index in [4.69, 9.17) is 4.74 Å². The van der Waals surface area contributed by atoms with Crippen molar-refractivity contribution in [1.82, 2.24) is 5.32 Å². The Kier molecular flexibility index (Phi) is 4.40. The molecule has 1 aromatic carbocycles. The summed E-state index contributed by atoms with van der Waals surface area (Å²) in [7, 11) is 3.90. The second kappa shape index (κ2) is 6.03. The van der Waals surface area contributed by atoms with E-state index < -0.39 is 0 Å². The standard InChI is InChI=1S/C14H22N2O/c1-16-9-6-13-11-12(3-4-14(13)16)5-7-15-8-10-17-2/h3-4,11,15H,5-10H2,1-2H3. The number of anilines is 1. The summed E-state index contributed by atoms with van der Waals surface area (Å²) < 4.78 is 5.00. The van der Waals surface area contributed by atoms with Gasteiger partial charge in [0.25, 0.3) is 0 Å². The van der Waals surface area contributed by atoms with E-state index in [0.29, 0.717) is 0 Å². The number of methoxy groups -OCH3 is 1. The zero-order valence-electron chi connectivity index (χ0n) is 10.8. The maximum atomic E-state index is 5.00. The second-order valence-electron chi connectivity index (χ2n) is 4.63. The molecular weight excluding hydrogens is 212 g/mol. The van der Waals surface area contributed by atoms with Gasteiger partial charge in [0.05, 0.1) is 6.61 Å².